The van der Waals surface area contributed by atoms with E-state index >= 15 is 0 Å². The van der Waals surface area contributed by atoms with Crippen LogP contribution in [0, 0.1) is 0 Å². The van der Waals surface area contributed by atoms with Crippen LogP contribution in [-0.2, 0) is 0 Å². The first-order valence-electron chi connectivity index (χ1n) is 5.31. The van der Waals surface area contributed by atoms with Gasteiger partial charge in [-0.25, -0.2) is 0 Å². The summed E-state index contributed by atoms with van der Waals surface area (Å²) in [7, 11) is 0. The standard InChI is InChI=1S/C9H17N5O2/c10-9-12-7(13-14-9)8(16)11-5-3-1-2-4-6-15/h15H,1-6H2,(H,11,16)(H3,10,12,13,14). The van der Waals surface area contributed by atoms with Crippen LogP contribution in [0.1, 0.15) is 36.3 Å². The van der Waals surface area contributed by atoms with E-state index in [0.29, 0.717) is 6.54 Å². The van der Waals surface area contributed by atoms with Gasteiger partial charge in [-0.1, -0.05) is 12.8 Å². The van der Waals surface area contributed by atoms with E-state index in [-0.39, 0.29) is 24.3 Å². The van der Waals surface area contributed by atoms with Gasteiger partial charge < -0.3 is 16.2 Å². The van der Waals surface area contributed by atoms with Gasteiger partial charge >= 0.3 is 0 Å². The molecule has 1 heterocycles. The van der Waals surface area contributed by atoms with Gasteiger partial charge in [-0.2, -0.15) is 4.98 Å². The minimum Gasteiger partial charge on any atom is -0.396 e. The van der Waals surface area contributed by atoms with Gasteiger partial charge in [-0.15, -0.1) is 5.10 Å². The normalized spacial score (nSPS) is 10.3. The first-order valence-corrected chi connectivity index (χ1v) is 5.31. The Morgan fingerprint density at radius 3 is 2.75 bits per heavy atom. The third-order valence-corrected chi connectivity index (χ3v) is 2.09. The topological polar surface area (TPSA) is 117 Å². The molecule has 1 rings (SSSR count). The summed E-state index contributed by atoms with van der Waals surface area (Å²) in [4.78, 5) is 15.1. The fourth-order valence-electron chi connectivity index (χ4n) is 1.25. The average molecular weight is 227 g/mol. The van der Waals surface area contributed by atoms with Crippen molar-refractivity contribution in [3.05, 3.63) is 5.82 Å². The Labute approximate surface area is 93.4 Å². The summed E-state index contributed by atoms with van der Waals surface area (Å²) in [6.07, 6.45) is 3.66. The lowest BCUT2D eigenvalue weighted by molar-refractivity contribution is 0.0943. The number of nitrogens with two attached hydrogens (primary N) is 1. The first kappa shape index (κ1) is 12.4. The largest absolute Gasteiger partial charge is 0.396 e. The van der Waals surface area contributed by atoms with Crippen molar-refractivity contribution in [2.45, 2.75) is 25.7 Å². The maximum atomic E-state index is 11.4. The third-order valence-electron chi connectivity index (χ3n) is 2.09. The molecule has 0 saturated heterocycles. The van der Waals surface area contributed by atoms with Gasteiger partial charge in [0.2, 0.25) is 11.8 Å². The predicted molar refractivity (Wildman–Crippen MR) is 58.7 cm³/mol. The number of hydrogen-bond acceptors (Lipinski definition) is 5. The quantitative estimate of drug-likeness (QED) is 0.476. The van der Waals surface area contributed by atoms with Gasteiger partial charge in [0.1, 0.15) is 0 Å². The van der Waals surface area contributed by atoms with Gasteiger partial charge in [0.05, 0.1) is 0 Å². The lowest BCUT2D eigenvalue weighted by Crippen LogP contribution is -2.25. The zero-order chi connectivity index (χ0) is 11.8. The first-order chi connectivity index (χ1) is 7.74. The average Bonchev–Trinajstić information content (AvgIpc) is 2.70. The van der Waals surface area contributed by atoms with Gasteiger partial charge in [0, 0.05) is 13.2 Å². The van der Waals surface area contributed by atoms with Crippen LogP contribution in [0.25, 0.3) is 0 Å². The number of nitrogens with zero attached hydrogens (tertiary/aromatic N) is 2. The van der Waals surface area contributed by atoms with Crippen LogP contribution in [0.4, 0.5) is 5.95 Å². The zero-order valence-corrected chi connectivity index (χ0v) is 9.07. The Kier molecular flexibility index (Phi) is 5.27. The highest BCUT2D eigenvalue weighted by molar-refractivity contribution is 5.90. The molecule has 0 aliphatic carbocycles. The second-order valence-electron chi connectivity index (χ2n) is 3.44. The Morgan fingerprint density at radius 2 is 2.12 bits per heavy atom. The maximum absolute atomic E-state index is 11.4. The molecule has 0 aromatic carbocycles. The molecule has 1 aromatic heterocycles. The van der Waals surface area contributed by atoms with Crippen LogP contribution in [0.3, 0.4) is 0 Å². The lowest BCUT2D eigenvalue weighted by atomic mass is 10.2. The van der Waals surface area contributed by atoms with Gasteiger partial charge in [0.15, 0.2) is 0 Å². The van der Waals surface area contributed by atoms with Gasteiger partial charge in [-0.3, -0.25) is 9.89 Å². The summed E-state index contributed by atoms with van der Waals surface area (Å²) in [5.74, 6) is -0.104. The van der Waals surface area contributed by atoms with Crippen LogP contribution >= 0.6 is 0 Å². The van der Waals surface area contributed by atoms with E-state index in [1.165, 1.54) is 0 Å². The number of carbonyl (C=O) groups excluding carboxylic acids is 1. The summed E-state index contributed by atoms with van der Waals surface area (Å²) >= 11 is 0. The molecule has 0 radical (unpaired) electrons. The molecule has 16 heavy (non-hydrogen) atoms. The van der Waals surface area contributed by atoms with Crippen LogP contribution in [0.5, 0.6) is 0 Å². The highest BCUT2D eigenvalue weighted by Gasteiger charge is 2.08. The van der Waals surface area contributed by atoms with E-state index in [0.717, 1.165) is 25.7 Å². The number of nitrogens with one attached hydrogen (secondary N) is 2. The summed E-state index contributed by atoms with van der Waals surface area (Å²) in [6, 6.07) is 0. The van der Waals surface area contributed by atoms with Gasteiger partial charge in [0.25, 0.3) is 5.91 Å². The molecule has 0 spiro atoms. The minimum atomic E-state index is -0.300. The lowest BCUT2D eigenvalue weighted by Gasteiger charge is -2.02. The highest BCUT2D eigenvalue weighted by Crippen LogP contribution is 1.98. The number of unbranched alkanes of at least 4 members (excludes halogenated alkanes) is 3. The Balaban J connectivity index is 2.11. The number of amides is 1. The van der Waals surface area contributed by atoms with E-state index in [9.17, 15) is 4.79 Å². The van der Waals surface area contributed by atoms with E-state index in [1.807, 2.05) is 0 Å². The summed E-state index contributed by atoms with van der Waals surface area (Å²) < 4.78 is 0. The SMILES string of the molecule is Nc1n[nH]c(C(=O)NCCCCCCO)n1. The molecule has 7 nitrogen and oxygen atoms in total. The zero-order valence-electron chi connectivity index (χ0n) is 9.07. The van der Waals surface area contributed by atoms with Crippen LogP contribution in [0.15, 0.2) is 0 Å². The van der Waals surface area contributed by atoms with Crippen molar-refractivity contribution in [1.82, 2.24) is 20.5 Å². The van der Waals surface area contributed by atoms with Gasteiger partial charge in [-0.05, 0) is 12.8 Å². The molecule has 0 saturated carbocycles. The molecule has 90 valence electrons. The molecule has 0 aliphatic heterocycles. The van der Waals surface area contributed by atoms with Crippen LogP contribution in [0.2, 0.25) is 0 Å². The second kappa shape index (κ2) is 6.78. The summed E-state index contributed by atoms with van der Waals surface area (Å²) in [5, 5.41) is 17.3. The molecular weight excluding hydrogens is 210 g/mol. The van der Waals surface area contributed by atoms with Crippen molar-refractivity contribution in [3.63, 3.8) is 0 Å². The number of H-pyrrole nitrogens is 1. The molecule has 1 aromatic rings. The van der Waals surface area contributed by atoms with Crippen LogP contribution in [-0.4, -0.2) is 39.3 Å². The number of aliphatic hydroxyl groups excluding tert-OH is 1. The minimum absolute atomic E-state index is 0.0631. The monoisotopic (exact) mass is 227 g/mol. The number of anilines is 1. The number of hydrogen-bond donors (Lipinski definition) is 4. The van der Waals surface area contributed by atoms with E-state index < -0.39 is 0 Å². The molecule has 0 bridgehead atoms. The third kappa shape index (κ3) is 4.26. The van der Waals surface area contributed by atoms with Crippen LogP contribution < -0.4 is 11.1 Å². The van der Waals surface area contributed by atoms with E-state index in [1.54, 1.807) is 0 Å². The molecule has 5 N–H and O–H groups in total. The number of carbonyl (C=O) groups is 1. The summed E-state index contributed by atoms with van der Waals surface area (Å²) in [6.45, 7) is 0.814. The smallest absolute Gasteiger partial charge is 0.288 e. The molecule has 0 atom stereocenters. The highest BCUT2D eigenvalue weighted by atomic mass is 16.2. The molecule has 0 fully saturated rings. The molecule has 1 amide bonds. The molecule has 7 heteroatoms. The molecule has 0 unspecified atom stereocenters. The number of aromatic amines is 1. The maximum Gasteiger partial charge on any atom is 0.288 e. The van der Waals surface area contributed by atoms with E-state index in [4.69, 9.17) is 10.8 Å². The van der Waals surface area contributed by atoms with Crippen molar-refractivity contribution in [1.29, 1.82) is 0 Å². The van der Waals surface area contributed by atoms with Crippen molar-refractivity contribution in [2.75, 3.05) is 18.9 Å². The number of nitrogen functional groups attached to an aromatic ring is 1. The predicted octanol–water partition coefficient (Wildman–Crippen LogP) is -0.331. The second-order valence-corrected chi connectivity index (χ2v) is 3.44. The fourth-order valence-corrected chi connectivity index (χ4v) is 1.25. The number of aliphatic hydroxyl groups is 1. The Morgan fingerprint density at radius 1 is 1.38 bits per heavy atom. The Bertz CT molecular complexity index is 325. The van der Waals surface area contributed by atoms with Crippen molar-refractivity contribution >= 4 is 11.9 Å². The number of aromatic nitrogens is 3. The Hall–Kier alpha value is -1.63. The van der Waals surface area contributed by atoms with Crippen molar-refractivity contribution in [3.8, 4) is 0 Å². The van der Waals surface area contributed by atoms with Crippen molar-refractivity contribution < 1.29 is 9.90 Å². The molecular formula is C9H17N5O2. The number of rotatable bonds is 7. The molecule has 0 aliphatic rings. The summed E-state index contributed by atoms with van der Waals surface area (Å²) in [5.41, 5.74) is 5.27. The van der Waals surface area contributed by atoms with Crippen molar-refractivity contribution in [2.24, 2.45) is 0 Å². The fraction of sp³-hybridized carbons (Fsp3) is 0.667. The van der Waals surface area contributed by atoms with E-state index in [2.05, 4.69) is 20.5 Å².